The number of para-hydroxylation sites is 2. The highest BCUT2D eigenvalue weighted by Crippen LogP contribution is 2.38. The average molecular weight is 408 g/mol. The number of urea groups is 1. The molecular formula is C24H29N3O3. The molecule has 1 heterocycles. The van der Waals surface area contributed by atoms with E-state index in [1.165, 1.54) is 6.42 Å². The molecule has 30 heavy (non-hydrogen) atoms. The Labute approximate surface area is 177 Å². The van der Waals surface area contributed by atoms with Crippen LogP contribution in [0.5, 0.6) is 0 Å². The first-order valence-corrected chi connectivity index (χ1v) is 10.3. The van der Waals surface area contributed by atoms with Gasteiger partial charge in [0.05, 0.1) is 17.8 Å². The number of primary amides is 1. The van der Waals surface area contributed by atoms with Crippen LogP contribution < -0.4 is 16.4 Å². The van der Waals surface area contributed by atoms with Crippen LogP contribution >= 0.6 is 0 Å². The summed E-state index contributed by atoms with van der Waals surface area (Å²) < 4.78 is 0. The number of rotatable bonds is 3. The number of hydrogen-bond donors (Lipinski definition) is 3. The summed E-state index contributed by atoms with van der Waals surface area (Å²) in [5, 5.41) is 8.71. The van der Waals surface area contributed by atoms with E-state index >= 15 is 0 Å². The molecule has 6 nitrogen and oxygen atoms in total. The summed E-state index contributed by atoms with van der Waals surface area (Å²) >= 11 is 0. The first-order valence-electron chi connectivity index (χ1n) is 10.3. The Bertz CT molecular complexity index is 883. The summed E-state index contributed by atoms with van der Waals surface area (Å²) in [6.07, 6.45) is 9.76. The minimum atomic E-state index is -0.706. The number of hydrogen-bond acceptors (Lipinski definition) is 3. The molecular weight excluding hydrogens is 378 g/mol. The van der Waals surface area contributed by atoms with Crippen LogP contribution in [-0.2, 0) is 4.79 Å². The second-order valence-corrected chi connectivity index (χ2v) is 7.96. The Balaban J connectivity index is 0.000000187. The van der Waals surface area contributed by atoms with Gasteiger partial charge in [-0.1, -0.05) is 67.8 Å². The maximum absolute atomic E-state index is 11.8. The van der Waals surface area contributed by atoms with Crippen molar-refractivity contribution >= 4 is 35.5 Å². The van der Waals surface area contributed by atoms with E-state index in [2.05, 4.69) is 0 Å². The molecule has 2 amide bonds. The quantitative estimate of drug-likeness (QED) is 0.681. The van der Waals surface area contributed by atoms with Crippen LogP contribution in [0.15, 0.2) is 48.5 Å². The van der Waals surface area contributed by atoms with Crippen molar-refractivity contribution in [3.8, 4) is 0 Å². The maximum Gasteiger partial charge on any atom is 0.323 e. The van der Waals surface area contributed by atoms with Crippen LogP contribution in [0.2, 0.25) is 0 Å². The van der Waals surface area contributed by atoms with Crippen molar-refractivity contribution in [2.45, 2.75) is 38.5 Å². The van der Waals surface area contributed by atoms with E-state index in [0.717, 1.165) is 48.2 Å². The molecule has 4 rings (SSSR count). The normalized spacial score (nSPS) is 16.4. The van der Waals surface area contributed by atoms with Crippen molar-refractivity contribution < 1.29 is 14.7 Å². The predicted molar refractivity (Wildman–Crippen MR) is 120 cm³/mol. The van der Waals surface area contributed by atoms with Crippen molar-refractivity contribution in [2.75, 3.05) is 11.4 Å². The molecule has 0 bridgehead atoms. The van der Waals surface area contributed by atoms with Gasteiger partial charge in [0, 0.05) is 0 Å². The Morgan fingerprint density at radius 2 is 1.40 bits per heavy atom. The summed E-state index contributed by atoms with van der Waals surface area (Å²) in [5.74, 6) is -0.706. The lowest BCUT2D eigenvalue weighted by atomic mass is 9.72. The van der Waals surface area contributed by atoms with Gasteiger partial charge in [0.25, 0.3) is 0 Å². The number of carboxylic acids is 1. The van der Waals surface area contributed by atoms with E-state index < -0.39 is 12.0 Å². The van der Waals surface area contributed by atoms with E-state index in [1.54, 1.807) is 4.90 Å². The number of carbonyl (C=O) groups is 2. The third-order valence-corrected chi connectivity index (χ3v) is 5.89. The Morgan fingerprint density at radius 1 is 0.900 bits per heavy atom. The first kappa shape index (κ1) is 21.6. The van der Waals surface area contributed by atoms with Gasteiger partial charge in [-0.05, 0) is 48.1 Å². The second-order valence-electron chi connectivity index (χ2n) is 7.96. The van der Waals surface area contributed by atoms with Gasteiger partial charge in [-0.3, -0.25) is 9.69 Å². The van der Waals surface area contributed by atoms with Gasteiger partial charge in [0.1, 0.15) is 0 Å². The molecule has 0 atom stereocenters. The minimum Gasteiger partial charge on any atom is -0.481 e. The molecule has 2 aromatic rings. The predicted octanol–water partition coefficient (Wildman–Crippen LogP) is 4.76. The third kappa shape index (κ3) is 4.89. The molecule has 2 aromatic carbocycles. The van der Waals surface area contributed by atoms with Crippen LogP contribution in [0, 0.1) is 5.41 Å². The zero-order valence-electron chi connectivity index (χ0n) is 17.1. The topological polar surface area (TPSA) is 110 Å². The Hall–Kier alpha value is -3.12. The molecule has 0 radical (unpaired) electrons. The van der Waals surface area contributed by atoms with Crippen LogP contribution in [0.3, 0.4) is 0 Å². The molecule has 158 valence electrons. The number of nitrogens with zero attached hydrogens (tertiary/aromatic N) is 1. The number of aliphatic carboxylic acids is 1. The molecule has 5 N–H and O–H groups in total. The molecule has 1 fully saturated rings. The largest absolute Gasteiger partial charge is 0.481 e. The lowest BCUT2D eigenvalue weighted by molar-refractivity contribution is -0.140. The summed E-state index contributed by atoms with van der Waals surface area (Å²) in [5.41, 5.74) is 14.7. The number of anilines is 2. The number of carboxylic acid groups (broad SMARTS) is 1. The lowest BCUT2D eigenvalue weighted by Gasteiger charge is -2.34. The van der Waals surface area contributed by atoms with Crippen molar-refractivity contribution in [2.24, 2.45) is 16.9 Å². The van der Waals surface area contributed by atoms with E-state index in [4.69, 9.17) is 16.6 Å². The van der Waals surface area contributed by atoms with E-state index in [1.807, 2.05) is 60.7 Å². The molecule has 1 aliphatic carbocycles. The van der Waals surface area contributed by atoms with Gasteiger partial charge in [-0.15, -0.1) is 0 Å². The molecule has 0 aromatic heterocycles. The molecule has 1 aliphatic heterocycles. The van der Waals surface area contributed by atoms with Crippen LogP contribution in [-0.4, -0.2) is 23.7 Å². The minimum absolute atomic E-state index is 0.0793. The highest BCUT2D eigenvalue weighted by Gasteiger charge is 2.32. The summed E-state index contributed by atoms with van der Waals surface area (Å²) in [7, 11) is 0. The highest BCUT2D eigenvalue weighted by molar-refractivity contribution is 6.04. The van der Waals surface area contributed by atoms with Crippen molar-refractivity contribution in [3.05, 3.63) is 59.7 Å². The third-order valence-electron chi connectivity index (χ3n) is 5.89. The summed E-state index contributed by atoms with van der Waals surface area (Å²) in [6.45, 7) is 0.527. The van der Waals surface area contributed by atoms with Crippen LogP contribution in [0.25, 0.3) is 12.2 Å². The van der Waals surface area contributed by atoms with Gasteiger partial charge < -0.3 is 16.6 Å². The SMILES string of the molecule is NC(=O)N1c2ccccc2C=Cc2ccccc21.NCC1(CC(=O)O)CCCCC1. The fourth-order valence-corrected chi connectivity index (χ4v) is 4.29. The van der Waals surface area contributed by atoms with Gasteiger partial charge in [0.2, 0.25) is 0 Å². The van der Waals surface area contributed by atoms with Crippen molar-refractivity contribution in [3.63, 3.8) is 0 Å². The monoisotopic (exact) mass is 407 g/mol. The second kappa shape index (κ2) is 9.59. The molecule has 6 heteroatoms. The van der Waals surface area contributed by atoms with Gasteiger partial charge >= 0.3 is 12.0 Å². The fourth-order valence-electron chi connectivity index (χ4n) is 4.29. The van der Waals surface area contributed by atoms with Gasteiger partial charge in [-0.2, -0.15) is 0 Å². The zero-order valence-corrected chi connectivity index (χ0v) is 17.1. The van der Waals surface area contributed by atoms with E-state index in [0.29, 0.717) is 6.54 Å². The zero-order chi connectivity index (χ0) is 21.6. The molecule has 0 saturated heterocycles. The van der Waals surface area contributed by atoms with Crippen LogP contribution in [0.4, 0.5) is 16.2 Å². The smallest absolute Gasteiger partial charge is 0.323 e. The van der Waals surface area contributed by atoms with Gasteiger partial charge in [-0.25, -0.2) is 4.79 Å². The number of amides is 2. The van der Waals surface area contributed by atoms with Crippen molar-refractivity contribution in [1.29, 1.82) is 0 Å². The Kier molecular flexibility index (Phi) is 6.90. The maximum atomic E-state index is 11.8. The number of fused-ring (bicyclic) bond motifs is 2. The van der Waals surface area contributed by atoms with Gasteiger partial charge in [0.15, 0.2) is 0 Å². The lowest BCUT2D eigenvalue weighted by Crippen LogP contribution is -2.34. The number of nitrogens with two attached hydrogens (primary N) is 2. The number of carbonyl (C=O) groups excluding carboxylic acids is 1. The Morgan fingerprint density at radius 3 is 1.83 bits per heavy atom. The summed E-state index contributed by atoms with van der Waals surface area (Å²) in [6, 6.07) is 14.9. The van der Waals surface area contributed by atoms with E-state index in [9.17, 15) is 9.59 Å². The highest BCUT2D eigenvalue weighted by atomic mass is 16.4. The van der Waals surface area contributed by atoms with E-state index in [-0.39, 0.29) is 11.8 Å². The molecule has 0 spiro atoms. The fraction of sp³-hybridized carbons (Fsp3) is 0.333. The van der Waals surface area contributed by atoms with Crippen molar-refractivity contribution in [1.82, 2.24) is 0 Å². The average Bonchev–Trinajstić information content (AvgIpc) is 2.91. The van der Waals surface area contributed by atoms with Crippen LogP contribution in [0.1, 0.15) is 49.7 Å². The standard InChI is InChI=1S/C15H12N2O.C9H17NO2/c16-15(18)17-13-7-3-1-5-11(13)9-10-12-6-2-4-8-14(12)17;10-7-9(6-8(11)12)4-2-1-3-5-9/h1-10H,(H2,16,18);1-7,10H2,(H,11,12). The molecule has 1 saturated carbocycles. The molecule has 2 aliphatic rings. The molecule has 0 unspecified atom stereocenters. The summed E-state index contributed by atoms with van der Waals surface area (Å²) in [4.78, 5) is 23.9. The number of benzene rings is 2. The first-order chi connectivity index (χ1) is 14.5.